The van der Waals surface area contributed by atoms with Gasteiger partial charge in [-0.1, -0.05) is 17.7 Å². The van der Waals surface area contributed by atoms with Gasteiger partial charge < -0.3 is 5.73 Å². The third-order valence-electron chi connectivity index (χ3n) is 2.92. The van der Waals surface area contributed by atoms with Crippen molar-refractivity contribution in [2.45, 2.75) is 19.3 Å². The minimum atomic E-state index is -0.154. The topological polar surface area (TPSA) is 26.0 Å². The smallest absolute Gasteiger partial charge is 0.131 e. The van der Waals surface area contributed by atoms with Crippen molar-refractivity contribution >= 4 is 24.0 Å². The molecule has 0 amide bonds. The monoisotopic (exact) mass is 249 g/mol. The molecule has 1 saturated carbocycles. The fourth-order valence-electron chi connectivity index (χ4n) is 1.88. The molecule has 0 saturated heterocycles. The van der Waals surface area contributed by atoms with Crippen LogP contribution in [0.1, 0.15) is 23.5 Å². The SMILES string of the molecule is Cc1ccc(Cl)c([C@H]2C[C@@H]2CN)c1F.Cl. The molecule has 2 rings (SSSR count). The summed E-state index contributed by atoms with van der Waals surface area (Å²) in [5.74, 6) is 0.509. The first-order valence-corrected chi connectivity index (χ1v) is 5.17. The molecular weight excluding hydrogens is 236 g/mol. The third-order valence-corrected chi connectivity index (χ3v) is 3.25. The van der Waals surface area contributed by atoms with E-state index in [2.05, 4.69) is 0 Å². The van der Waals surface area contributed by atoms with Gasteiger partial charge in [0.2, 0.25) is 0 Å². The molecule has 0 spiro atoms. The molecule has 15 heavy (non-hydrogen) atoms. The summed E-state index contributed by atoms with van der Waals surface area (Å²) in [5, 5.41) is 0.536. The molecule has 0 aromatic heterocycles. The summed E-state index contributed by atoms with van der Waals surface area (Å²) in [6, 6.07) is 3.47. The largest absolute Gasteiger partial charge is 0.330 e. The first-order chi connectivity index (χ1) is 6.65. The molecule has 1 aliphatic carbocycles. The minimum absolute atomic E-state index is 0. The number of halogens is 3. The lowest BCUT2D eigenvalue weighted by molar-refractivity contribution is 0.597. The van der Waals surface area contributed by atoms with E-state index in [0.717, 1.165) is 6.42 Å². The Kier molecular flexibility index (Phi) is 3.99. The van der Waals surface area contributed by atoms with Crippen LogP contribution in [0.25, 0.3) is 0 Å². The standard InChI is InChI=1S/C11H13ClFN.ClH/c1-6-2-3-9(12)10(11(6)13)8-4-7(8)5-14;/h2-3,7-8H,4-5,14H2,1H3;1H/t7-,8+;/m1./s1. The zero-order chi connectivity index (χ0) is 10.3. The van der Waals surface area contributed by atoms with Gasteiger partial charge in [-0.2, -0.15) is 0 Å². The molecule has 1 aliphatic rings. The Balaban J connectivity index is 0.00000112. The van der Waals surface area contributed by atoms with Crippen LogP contribution in [0.3, 0.4) is 0 Å². The van der Waals surface area contributed by atoms with Crippen molar-refractivity contribution in [2.75, 3.05) is 6.54 Å². The van der Waals surface area contributed by atoms with Crippen molar-refractivity contribution in [1.29, 1.82) is 0 Å². The van der Waals surface area contributed by atoms with Crippen LogP contribution in [0, 0.1) is 18.7 Å². The molecule has 0 heterocycles. The summed E-state index contributed by atoms with van der Waals surface area (Å²) in [4.78, 5) is 0. The zero-order valence-electron chi connectivity index (χ0n) is 8.47. The van der Waals surface area contributed by atoms with Gasteiger partial charge in [-0.3, -0.25) is 0 Å². The highest BCUT2D eigenvalue weighted by Crippen LogP contribution is 2.50. The molecule has 84 valence electrons. The number of benzene rings is 1. The molecule has 2 N–H and O–H groups in total. The van der Waals surface area contributed by atoms with Crippen molar-refractivity contribution in [3.63, 3.8) is 0 Å². The summed E-state index contributed by atoms with van der Waals surface area (Å²) in [6.45, 7) is 2.38. The van der Waals surface area contributed by atoms with Crippen LogP contribution in [0.4, 0.5) is 4.39 Å². The molecule has 1 nitrogen and oxygen atoms in total. The van der Waals surface area contributed by atoms with Gasteiger partial charge in [-0.05, 0) is 43.4 Å². The molecule has 2 atom stereocenters. The normalized spacial score (nSPS) is 23.5. The Labute approximate surface area is 100 Å². The van der Waals surface area contributed by atoms with Crippen LogP contribution >= 0.6 is 24.0 Å². The second-order valence-electron chi connectivity index (χ2n) is 3.93. The Bertz CT molecular complexity index is 368. The van der Waals surface area contributed by atoms with Crippen molar-refractivity contribution in [3.8, 4) is 0 Å². The van der Waals surface area contributed by atoms with Gasteiger partial charge in [0, 0.05) is 10.6 Å². The highest BCUT2D eigenvalue weighted by Gasteiger charge is 2.40. The van der Waals surface area contributed by atoms with Gasteiger partial charge in [0.05, 0.1) is 0 Å². The summed E-state index contributed by atoms with van der Waals surface area (Å²) in [7, 11) is 0. The maximum Gasteiger partial charge on any atom is 0.131 e. The van der Waals surface area contributed by atoms with E-state index in [1.807, 2.05) is 0 Å². The van der Waals surface area contributed by atoms with Crippen LogP contribution in [0.15, 0.2) is 12.1 Å². The van der Waals surface area contributed by atoms with Crippen molar-refractivity contribution in [3.05, 3.63) is 34.1 Å². The second-order valence-corrected chi connectivity index (χ2v) is 4.34. The van der Waals surface area contributed by atoms with Gasteiger partial charge in [0.1, 0.15) is 5.82 Å². The predicted molar refractivity (Wildman–Crippen MR) is 63.3 cm³/mol. The van der Waals surface area contributed by atoms with E-state index in [9.17, 15) is 4.39 Å². The molecule has 4 heteroatoms. The maximum absolute atomic E-state index is 13.7. The molecule has 1 aromatic rings. The average molecular weight is 250 g/mol. The van der Waals surface area contributed by atoms with Crippen LogP contribution < -0.4 is 5.73 Å². The summed E-state index contributed by atoms with van der Waals surface area (Å²) >= 11 is 5.98. The van der Waals surface area contributed by atoms with E-state index >= 15 is 0 Å². The molecule has 0 aliphatic heterocycles. The van der Waals surface area contributed by atoms with Gasteiger partial charge in [0.15, 0.2) is 0 Å². The Hall–Kier alpha value is -0.310. The van der Waals surface area contributed by atoms with Crippen LogP contribution in [0.2, 0.25) is 5.02 Å². The Morgan fingerprint density at radius 2 is 2.20 bits per heavy atom. The Morgan fingerprint density at radius 1 is 1.53 bits per heavy atom. The molecular formula is C11H14Cl2FN. The third kappa shape index (κ3) is 2.27. The first kappa shape index (κ1) is 12.8. The van der Waals surface area contributed by atoms with Gasteiger partial charge in [-0.15, -0.1) is 12.4 Å². The van der Waals surface area contributed by atoms with E-state index in [4.69, 9.17) is 17.3 Å². The summed E-state index contributed by atoms with van der Waals surface area (Å²) in [5.41, 5.74) is 6.86. The highest BCUT2D eigenvalue weighted by molar-refractivity contribution is 6.31. The van der Waals surface area contributed by atoms with Gasteiger partial charge >= 0.3 is 0 Å². The molecule has 1 aromatic carbocycles. The maximum atomic E-state index is 13.7. The first-order valence-electron chi connectivity index (χ1n) is 4.79. The number of hydrogen-bond acceptors (Lipinski definition) is 1. The van der Waals surface area contributed by atoms with E-state index in [0.29, 0.717) is 28.6 Å². The van der Waals surface area contributed by atoms with E-state index in [1.165, 1.54) is 0 Å². The number of rotatable bonds is 2. The number of nitrogens with two attached hydrogens (primary N) is 1. The number of aryl methyl sites for hydroxylation is 1. The van der Waals surface area contributed by atoms with Crippen molar-refractivity contribution in [2.24, 2.45) is 11.7 Å². The lowest BCUT2D eigenvalue weighted by atomic mass is 10.1. The zero-order valence-corrected chi connectivity index (χ0v) is 10.0. The fraction of sp³-hybridized carbons (Fsp3) is 0.455. The van der Waals surface area contributed by atoms with Crippen LogP contribution in [0.5, 0.6) is 0 Å². The van der Waals surface area contributed by atoms with Gasteiger partial charge in [0.25, 0.3) is 0 Å². The summed E-state index contributed by atoms with van der Waals surface area (Å²) < 4.78 is 13.7. The molecule has 1 fully saturated rings. The van der Waals surface area contributed by atoms with E-state index in [-0.39, 0.29) is 24.1 Å². The lowest BCUT2D eigenvalue weighted by Crippen LogP contribution is -2.03. The summed E-state index contributed by atoms with van der Waals surface area (Å²) in [6.07, 6.45) is 0.969. The minimum Gasteiger partial charge on any atom is -0.330 e. The van der Waals surface area contributed by atoms with E-state index in [1.54, 1.807) is 19.1 Å². The number of hydrogen-bond donors (Lipinski definition) is 1. The molecule has 0 radical (unpaired) electrons. The molecule has 0 bridgehead atoms. The quantitative estimate of drug-likeness (QED) is 0.856. The van der Waals surface area contributed by atoms with E-state index < -0.39 is 0 Å². The Morgan fingerprint density at radius 3 is 2.73 bits per heavy atom. The highest BCUT2D eigenvalue weighted by atomic mass is 35.5. The van der Waals surface area contributed by atoms with Crippen molar-refractivity contribution in [1.82, 2.24) is 0 Å². The molecule has 0 unspecified atom stereocenters. The predicted octanol–water partition coefficient (Wildman–Crippen LogP) is 3.27. The van der Waals surface area contributed by atoms with Crippen LogP contribution in [-0.4, -0.2) is 6.54 Å². The lowest BCUT2D eigenvalue weighted by Gasteiger charge is -2.07. The fourth-order valence-corrected chi connectivity index (χ4v) is 2.17. The van der Waals surface area contributed by atoms with Crippen LogP contribution in [-0.2, 0) is 0 Å². The average Bonchev–Trinajstić information content (AvgIpc) is 2.92. The van der Waals surface area contributed by atoms with Crippen molar-refractivity contribution < 1.29 is 4.39 Å². The second kappa shape index (κ2) is 4.69. The van der Waals surface area contributed by atoms with Gasteiger partial charge in [-0.25, -0.2) is 4.39 Å².